The van der Waals surface area contributed by atoms with Crippen LogP contribution in [0.5, 0.6) is 0 Å². The molecule has 136 valence electrons. The summed E-state index contributed by atoms with van der Waals surface area (Å²) in [5.74, 6) is 0. The van der Waals surface area contributed by atoms with E-state index in [-0.39, 0.29) is 29.1 Å². The summed E-state index contributed by atoms with van der Waals surface area (Å²) in [7, 11) is 0. The Morgan fingerprint density at radius 2 is 1.75 bits per heavy atom. The third-order valence-corrected chi connectivity index (χ3v) is 5.26. The van der Waals surface area contributed by atoms with Crippen molar-refractivity contribution in [3.05, 3.63) is 29.8 Å². The molecule has 1 aromatic carbocycles. The zero-order valence-electron chi connectivity index (χ0n) is 13.4. The van der Waals surface area contributed by atoms with Gasteiger partial charge in [-0.15, -0.1) is 12.4 Å². The maximum Gasteiger partial charge on any atom is 0.446 e. The fourth-order valence-electron chi connectivity index (χ4n) is 3.29. The quantitative estimate of drug-likeness (QED) is 0.807. The van der Waals surface area contributed by atoms with Crippen molar-refractivity contribution in [2.75, 3.05) is 39.3 Å². The fourth-order valence-corrected chi connectivity index (χ4v) is 3.83. The molecule has 2 heterocycles. The van der Waals surface area contributed by atoms with Crippen molar-refractivity contribution in [1.29, 1.82) is 0 Å². The van der Waals surface area contributed by atoms with Crippen LogP contribution in [0.3, 0.4) is 0 Å². The molecule has 2 aliphatic rings. The molecule has 24 heavy (non-hydrogen) atoms. The number of halogens is 4. The van der Waals surface area contributed by atoms with E-state index in [2.05, 4.69) is 15.1 Å². The molecule has 8 heteroatoms. The third-order valence-electron chi connectivity index (χ3n) is 4.52. The lowest BCUT2D eigenvalue weighted by Crippen LogP contribution is -2.50. The molecule has 2 saturated heterocycles. The number of nitrogens with zero attached hydrogens (tertiary/aromatic N) is 2. The Labute approximate surface area is 151 Å². The van der Waals surface area contributed by atoms with Crippen LogP contribution in [0, 0.1) is 0 Å². The summed E-state index contributed by atoms with van der Waals surface area (Å²) in [5, 5.41) is 3.40. The Balaban J connectivity index is 0.00000208. The lowest BCUT2D eigenvalue weighted by Gasteiger charge is -2.37. The number of piperazine rings is 1. The van der Waals surface area contributed by atoms with E-state index >= 15 is 0 Å². The van der Waals surface area contributed by atoms with E-state index in [1.54, 1.807) is 24.3 Å². The van der Waals surface area contributed by atoms with Crippen molar-refractivity contribution in [3.8, 4) is 0 Å². The number of rotatable bonds is 4. The van der Waals surface area contributed by atoms with Crippen LogP contribution < -0.4 is 5.32 Å². The predicted octanol–water partition coefficient (Wildman–Crippen LogP) is 3.20. The first-order valence-corrected chi connectivity index (χ1v) is 8.83. The van der Waals surface area contributed by atoms with Gasteiger partial charge in [0.2, 0.25) is 0 Å². The molecule has 0 aromatic heterocycles. The normalized spacial score (nSPS) is 23.2. The van der Waals surface area contributed by atoms with Gasteiger partial charge in [-0.2, -0.15) is 13.2 Å². The lowest BCUT2D eigenvalue weighted by atomic mass is 10.1. The van der Waals surface area contributed by atoms with Crippen molar-refractivity contribution in [1.82, 2.24) is 15.1 Å². The molecular weight excluding hydrogens is 359 g/mol. The lowest BCUT2D eigenvalue weighted by molar-refractivity contribution is -0.0328. The minimum atomic E-state index is -4.22. The van der Waals surface area contributed by atoms with Gasteiger partial charge in [-0.1, -0.05) is 12.1 Å². The Kier molecular flexibility index (Phi) is 7.24. The zero-order valence-corrected chi connectivity index (χ0v) is 15.0. The van der Waals surface area contributed by atoms with Crippen LogP contribution >= 0.6 is 24.2 Å². The largest absolute Gasteiger partial charge is 0.446 e. The van der Waals surface area contributed by atoms with E-state index in [0.29, 0.717) is 6.04 Å². The molecule has 2 fully saturated rings. The summed E-state index contributed by atoms with van der Waals surface area (Å²) in [6, 6.07) is 7.42. The van der Waals surface area contributed by atoms with Gasteiger partial charge >= 0.3 is 5.51 Å². The van der Waals surface area contributed by atoms with Crippen LogP contribution in [0.25, 0.3) is 0 Å². The number of alkyl halides is 3. The molecule has 0 spiro atoms. The number of thioether (sulfide) groups is 1. The standard InChI is InChI=1S/C16H22F3N3S.ClH/c17-16(18,19)23-15-3-1-13(2-4-15)12-21-7-9-22(10-8-21)14-5-6-20-11-14;/h1-4,14,20H,5-12H2;1H. The van der Waals surface area contributed by atoms with Crippen LogP contribution in [0.1, 0.15) is 12.0 Å². The molecular formula is C16H23ClF3N3S. The molecule has 3 nitrogen and oxygen atoms in total. The molecule has 0 amide bonds. The fraction of sp³-hybridized carbons (Fsp3) is 0.625. The average molecular weight is 382 g/mol. The first-order valence-electron chi connectivity index (χ1n) is 8.01. The summed E-state index contributed by atoms with van der Waals surface area (Å²) in [5.41, 5.74) is -3.14. The van der Waals surface area contributed by atoms with E-state index in [1.165, 1.54) is 6.42 Å². The minimum Gasteiger partial charge on any atom is -0.315 e. The molecule has 0 radical (unpaired) electrons. The highest BCUT2D eigenvalue weighted by molar-refractivity contribution is 8.00. The highest BCUT2D eigenvalue weighted by Crippen LogP contribution is 2.36. The Morgan fingerprint density at radius 1 is 1.08 bits per heavy atom. The molecule has 0 saturated carbocycles. The summed E-state index contributed by atoms with van der Waals surface area (Å²) >= 11 is -0.0563. The minimum absolute atomic E-state index is 0. The van der Waals surface area contributed by atoms with Crippen molar-refractivity contribution in [2.45, 2.75) is 29.4 Å². The topological polar surface area (TPSA) is 18.5 Å². The highest BCUT2D eigenvalue weighted by Gasteiger charge is 2.29. The Hall–Kier alpha value is -0.470. The van der Waals surface area contributed by atoms with Gasteiger partial charge < -0.3 is 5.32 Å². The van der Waals surface area contributed by atoms with Gasteiger partial charge in [0.15, 0.2) is 0 Å². The predicted molar refractivity (Wildman–Crippen MR) is 93.7 cm³/mol. The molecule has 0 bridgehead atoms. The second-order valence-corrected chi connectivity index (χ2v) is 7.29. The summed E-state index contributed by atoms with van der Waals surface area (Å²) in [6.45, 7) is 7.23. The van der Waals surface area contributed by atoms with Gasteiger partial charge in [0, 0.05) is 50.2 Å². The number of nitrogens with one attached hydrogen (secondary N) is 1. The number of hydrogen-bond acceptors (Lipinski definition) is 4. The third kappa shape index (κ3) is 5.81. The maximum atomic E-state index is 12.3. The van der Waals surface area contributed by atoms with E-state index in [0.717, 1.165) is 51.4 Å². The molecule has 0 aliphatic carbocycles. The Morgan fingerprint density at radius 3 is 2.29 bits per heavy atom. The van der Waals surface area contributed by atoms with Gasteiger partial charge in [0.25, 0.3) is 0 Å². The van der Waals surface area contributed by atoms with Gasteiger partial charge in [-0.3, -0.25) is 9.80 Å². The molecule has 1 aromatic rings. The van der Waals surface area contributed by atoms with Crippen LogP contribution in [-0.2, 0) is 6.54 Å². The molecule has 1 atom stereocenters. The average Bonchev–Trinajstić information content (AvgIpc) is 3.03. The second kappa shape index (κ2) is 8.76. The van der Waals surface area contributed by atoms with Gasteiger partial charge in [0.05, 0.1) is 0 Å². The van der Waals surface area contributed by atoms with Crippen molar-refractivity contribution in [2.24, 2.45) is 0 Å². The van der Waals surface area contributed by atoms with Crippen LogP contribution in [0.4, 0.5) is 13.2 Å². The molecule has 1 unspecified atom stereocenters. The van der Waals surface area contributed by atoms with Crippen LogP contribution in [0.2, 0.25) is 0 Å². The Bertz CT molecular complexity index is 498. The highest BCUT2D eigenvalue weighted by atomic mass is 35.5. The van der Waals surface area contributed by atoms with Crippen molar-refractivity contribution >= 4 is 24.2 Å². The summed E-state index contributed by atoms with van der Waals surface area (Å²) < 4.78 is 37.0. The monoisotopic (exact) mass is 381 g/mol. The molecule has 2 aliphatic heterocycles. The van der Waals surface area contributed by atoms with E-state index < -0.39 is 5.51 Å². The first-order chi connectivity index (χ1) is 11.0. The van der Waals surface area contributed by atoms with Gasteiger partial charge in [-0.25, -0.2) is 0 Å². The van der Waals surface area contributed by atoms with Gasteiger partial charge in [0.1, 0.15) is 0 Å². The van der Waals surface area contributed by atoms with Crippen LogP contribution in [-0.4, -0.2) is 60.6 Å². The second-order valence-electron chi connectivity index (χ2n) is 6.15. The zero-order chi connectivity index (χ0) is 16.3. The first kappa shape index (κ1) is 19.8. The molecule has 3 rings (SSSR count). The SMILES string of the molecule is Cl.FC(F)(F)Sc1ccc(CN2CCN(C3CCNC3)CC2)cc1. The number of hydrogen-bond donors (Lipinski definition) is 1. The summed E-state index contributed by atoms with van der Waals surface area (Å²) in [4.78, 5) is 5.18. The maximum absolute atomic E-state index is 12.3. The number of benzene rings is 1. The van der Waals surface area contributed by atoms with Gasteiger partial charge in [-0.05, 0) is 42.4 Å². The van der Waals surface area contributed by atoms with E-state index in [4.69, 9.17) is 0 Å². The summed E-state index contributed by atoms with van der Waals surface area (Å²) in [6.07, 6.45) is 1.23. The van der Waals surface area contributed by atoms with Crippen molar-refractivity contribution < 1.29 is 13.2 Å². The van der Waals surface area contributed by atoms with E-state index in [9.17, 15) is 13.2 Å². The van der Waals surface area contributed by atoms with E-state index in [1.807, 2.05) is 0 Å². The smallest absolute Gasteiger partial charge is 0.315 e. The van der Waals surface area contributed by atoms with Crippen LogP contribution in [0.15, 0.2) is 29.2 Å². The molecule has 1 N–H and O–H groups in total. The van der Waals surface area contributed by atoms with Crippen molar-refractivity contribution in [3.63, 3.8) is 0 Å².